The number of amides is 1. The number of likely N-dealkylation sites (tertiary alicyclic amines) is 1. The number of nitrogens with zero attached hydrogens (tertiary/aromatic N) is 3. The van der Waals surface area contributed by atoms with Crippen LogP contribution in [0, 0.1) is 0 Å². The number of para-hydroxylation sites is 1. The second kappa shape index (κ2) is 8.14. The van der Waals surface area contributed by atoms with E-state index in [0.717, 1.165) is 17.9 Å². The van der Waals surface area contributed by atoms with E-state index >= 15 is 0 Å². The summed E-state index contributed by atoms with van der Waals surface area (Å²) in [6.07, 6.45) is 2.54. The second-order valence-corrected chi connectivity index (χ2v) is 7.65. The van der Waals surface area contributed by atoms with Crippen LogP contribution in [0.3, 0.4) is 0 Å². The van der Waals surface area contributed by atoms with Crippen molar-refractivity contribution in [3.05, 3.63) is 90.3 Å². The van der Waals surface area contributed by atoms with Gasteiger partial charge in [-0.25, -0.2) is 4.68 Å². The lowest BCUT2D eigenvalue weighted by molar-refractivity contribution is 0.0781. The number of rotatable bonds is 5. The highest BCUT2D eigenvalue weighted by atomic mass is 16.5. The van der Waals surface area contributed by atoms with Crippen molar-refractivity contribution in [1.29, 1.82) is 0 Å². The van der Waals surface area contributed by atoms with Crippen LogP contribution in [0.15, 0.2) is 83.5 Å². The average Bonchev–Trinajstić information content (AvgIpc) is 3.59. The number of methoxy groups -OCH3 is 1. The molecule has 1 amide bonds. The molecule has 1 unspecified atom stereocenters. The quantitative estimate of drug-likeness (QED) is 0.473. The summed E-state index contributed by atoms with van der Waals surface area (Å²) >= 11 is 0. The Morgan fingerprint density at radius 3 is 2.58 bits per heavy atom. The van der Waals surface area contributed by atoms with Gasteiger partial charge in [-0.05, 0) is 48.4 Å². The van der Waals surface area contributed by atoms with Gasteiger partial charge in [0.15, 0.2) is 5.76 Å². The van der Waals surface area contributed by atoms with Crippen LogP contribution < -0.4 is 4.74 Å². The topological polar surface area (TPSA) is 60.5 Å². The monoisotopic (exact) mass is 413 g/mol. The number of aromatic nitrogens is 2. The zero-order chi connectivity index (χ0) is 21.2. The van der Waals surface area contributed by atoms with Gasteiger partial charge >= 0.3 is 0 Å². The van der Waals surface area contributed by atoms with Crippen molar-refractivity contribution in [3.63, 3.8) is 0 Å². The largest absolute Gasteiger partial charge is 0.497 e. The number of ether oxygens (including phenoxy) is 1. The molecule has 2 aromatic heterocycles. The van der Waals surface area contributed by atoms with Crippen molar-refractivity contribution < 1.29 is 13.9 Å². The molecule has 2 aromatic carbocycles. The number of furan rings is 1. The first-order chi connectivity index (χ1) is 15.2. The lowest BCUT2D eigenvalue weighted by Crippen LogP contribution is -2.30. The van der Waals surface area contributed by atoms with Crippen LogP contribution in [-0.4, -0.2) is 40.8 Å². The first-order valence-corrected chi connectivity index (χ1v) is 10.4. The molecule has 31 heavy (non-hydrogen) atoms. The normalized spacial score (nSPS) is 15.9. The Morgan fingerprint density at radius 1 is 1.06 bits per heavy atom. The third-order valence-electron chi connectivity index (χ3n) is 5.77. The van der Waals surface area contributed by atoms with Crippen LogP contribution in [0.25, 0.3) is 17.1 Å². The van der Waals surface area contributed by atoms with E-state index in [2.05, 4.69) is 17.2 Å². The van der Waals surface area contributed by atoms with Gasteiger partial charge in [0.25, 0.3) is 5.91 Å². The average molecular weight is 413 g/mol. The lowest BCUT2D eigenvalue weighted by Gasteiger charge is -2.17. The van der Waals surface area contributed by atoms with E-state index in [0.29, 0.717) is 36.2 Å². The van der Waals surface area contributed by atoms with Crippen molar-refractivity contribution in [3.8, 4) is 22.9 Å². The van der Waals surface area contributed by atoms with Gasteiger partial charge in [-0.2, -0.15) is 5.10 Å². The van der Waals surface area contributed by atoms with Gasteiger partial charge in [-0.1, -0.05) is 30.3 Å². The zero-order valence-corrected chi connectivity index (χ0v) is 17.3. The Kier molecular flexibility index (Phi) is 5.04. The second-order valence-electron chi connectivity index (χ2n) is 7.65. The van der Waals surface area contributed by atoms with Crippen molar-refractivity contribution in [1.82, 2.24) is 14.7 Å². The molecule has 0 N–H and O–H groups in total. The van der Waals surface area contributed by atoms with Gasteiger partial charge in [0.05, 0.1) is 19.1 Å². The third kappa shape index (κ3) is 3.72. The molecule has 0 saturated carbocycles. The molecule has 1 aliphatic heterocycles. The number of hydrogen-bond donors (Lipinski definition) is 0. The number of hydrogen-bond acceptors (Lipinski definition) is 4. The van der Waals surface area contributed by atoms with E-state index in [9.17, 15) is 4.79 Å². The smallest absolute Gasteiger partial charge is 0.272 e. The molecule has 0 aliphatic carbocycles. The summed E-state index contributed by atoms with van der Waals surface area (Å²) in [5.74, 6) is 1.77. The molecule has 6 heteroatoms. The molecule has 0 spiro atoms. The summed E-state index contributed by atoms with van der Waals surface area (Å²) in [4.78, 5) is 15.4. The first kappa shape index (κ1) is 19.2. The third-order valence-corrected chi connectivity index (χ3v) is 5.77. The molecule has 1 saturated heterocycles. The van der Waals surface area contributed by atoms with Crippen LogP contribution in [0.1, 0.15) is 28.4 Å². The van der Waals surface area contributed by atoms with Gasteiger partial charge < -0.3 is 14.1 Å². The fraction of sp³-hybridized carbons (Fsp3) is 0.200. The predicted octanol–water partition coefficient (Wildman–Crippen LogP) is 4.77. The molecule has 5 rings (SSSR count). The van der Waals surface area contributed by atoms with Gasteiger partial charge in [-0.15, -0.1) is 0 Å². The lowest BCUT2D eigenvalue weighted by atomic mass is 9.98. The zero-order valence-electron chi connectivity index (χ0n) is 17.3. The van der Waals surface area contributed by atoms with Gasteiger partial charge in [0.1, 0.15) is 17.1 Å². The van der Waals surface area contributed by atoms with Crippen molar-refractivity contribution >= 4 is 5.91 Å². The molecule has 156 valence electrons. The molecule has 6 nitrogen and oxygen atoms in total. The summed E-state index contributed by atoms with van der Waals surface area (Å²) in [5, 5.41) is 4.67. The predicted molar refractivity (Wildman–Crippen MR) is 118 cm³/mol. The van der Waals surface area contributed by atoms with Crippen LogP contribution in [0.2, 0.25) is 0 Å². The fourth-order valence-corrected chi connectivity index (χ4v) is 4.10. The Morgan fingerprint density at radius 2 is 1.87 bits per heavy atom. The van der Waals surface area contributed by atoms with E-state index in [1.54, 1.807) is 18.1 Å². The molecule has 0 radical (unpaired) electrons. The highest BCUT2D eigenvalue weighted by Gasteiger charge is 2.30. The molecular weight excluding hydrogens is 390 g/mol. The van der Waals surface area contributed by atoms with Crippen molar-refractivity contribution in [2.45, 2.75) is 12.3 Å². The summed E-state index contributed by atoms with van der Waals surface area (Å²) in [6, 6.07) is 23.3. The number of carbonyl (C=O) groups is 1. The van der Waals surface area contributed by atoms with Crippen molar-refractivity contribution in [2.24, 2.45) is 0 Å². The minimum absolute atomic E-state index is 0.0230. The van der Waals surface area contributed by atoms with E-state index in [1.165, 1.54) is 5.56 Å². The van der Waals surface area contributed by atoms with Crippen LogP contribution >= 0.6 is 0 Å². The summed E-state index contributed by atoms with van der Waals surface area (Å²) in [7, 11) is 1.66. The number of carbonyl (C=O) groups excluding carboxylic acids is 1. The minimum atomic E-state index is -0.0230. The Bertz CT molecular complexity index is 1160. The van der Waals surface area contributed by atoms with E-state index in [-0.39, 0.29) is 5.91 Å². The van der Waals surface area contributed by atoms with Crippen molar-refractivity contribution in [2.75, 3.05) is 20.2 Å². The summed E-state index contributed by atoms with van der Waals surface area (Å²) in [6.45, 7) is 1.40. The molecule has 4 aromatic rings. The van der Waals surface area contributed by atoms with Crippen LogP contribution in [0.5, 0.6) is 5.75 Å². The van der Waals surface area contributed by atoms with Crippen LogP contribution in [-0.2, 0) is 0 Å². The standard InChI is InChI=1S/C25H23N3O3/c1-30-21-11-9-18(10-12-21)19-13-14-27(17-19)25(29)23-16-22(24-8-5-15-31-24)26-28(23)20-6-3-2-4-7-20/h2-12,15-16,19H,13-14,17H2,1H3. The molecule has 1 atom stereocenters. The highest BCUT2D eigenvalue weighted by molar-refractivity contribution is 5.94. The maximum atomic E-state index is 13.5. The van der Waals surface area contributed by atoms with Crippen LogP contribution in [0.4, 0.5) is 0 Å². The van der Waals surface area contributed by atoms with Gasteiger partial charge in [-0.3, -0.25) is 4.79 Å². The first-order valence-electron chi connectivity index (χ1n) is 10.4. The highest BCUT2D eigenvalue weighted by Crippen LogP contribution is 2.30. The fourth-order valence-electron chi connectivity index (χ4n) is 4.10. The van der Waals surface area contributed by atoms with E-state index < -0.39 is 0 Å². The van der Waals surface area contributed by atoms with E-state index in [1.807, 2.05) is 65.6 Å². The molecule has 1 fully saturated rings. The van der Waals surface area contributed by atoms with Gasteiger partial charge in [0, 0.05) is 25.1 Å². The Labute approximate surface area is 180 Å². The molecular formula is C25H23N3O3. The van der Waals surface area contributed by atoms with Gasteiger partial charge in [0.2, 0.25) is 0 Å². The number of benzene rings is 2. The maximum Gasteiger partial charge on any atom is 0.272 e. The Hall–Kier alpha value is -3.80. The maximum absolute atomic E-state index is 13.5. The summed E-state index contributed by atoms with van der Waals surface area (Å²) in [5.41, 5.74) is 3.24. The van der Waals surface area contributed by atoms with E-state index in [4.69, 9.17) is 9.15 Å². The SMILES string of the molecule is COc1ccc(C2CCN(C(=O)c3cc(-c4ccco4)nn3-c3ccccc3)C2)cc1. The molecule has 1 aliphatic rings. The minimum Gasteiger partial charge on any atom is -0.497 e. The molecule has 3 heterocycles. The Balaban J connectivity index is 1.43. The summed E-state index contributed by atoms with van der Waals surface area (Å²) < 4.78 is 12.5. The molecule has 0 bridgehead atoms.